The van der Waals surface area contributed by atoms with E-state index in [1.165, 1.54) is 58.1 Å². The molecule has 11 nitrogen and oxygen atoms in total. The van der Waals surface area contributed by atoms with Crippen LogP contribution in [-0.4, -0.2) is 60.5 Å². The molecule has 3 aromatic carbocycles. The zero-order chi connectivity index (χ0) is 30.4. The lowest BCUT2D eigenvalue weighted by Gasteiger charge is -2.03. The first-order valence-electron chi connectivity index (χ1n) is 11.5. The van der Waals surface area contributed by atoms with Crippen molar-refractivity contribution in [2.45, 2.75) is 22.3 Å². The van der Waals surface area contributed by atoms with Gasteiger partial charge in [-0.3, -0.25) is 4.79 Å². The van der Waals surface area contributed by atoms with Crippen LogP contribution in [-0.2, 0) is 14.2 Å². The Morgan fingerprint density at radius 3 is 1.43 bits per heavy atom. The Kier molecular flexibility index (Phi) is 19.1. The van der Waals surface area contributed by atoms with Crippen molar-refractivity contribution in [1.82, 2.24) is 4.98 Å². The summed E-state index contributed by atoms with van der Waals surface area (Å²) in [4.78, 5) is 59.1. The van der Waals surface area contributed by atoms with E-state index in [1.807, 2.05) is 6.07 Å². The summed E-state index contributed by atoms with van der Waals surface area (Å²) in [6.07, 6.45) is 2.99. The minimum atomic E-state index is -1.14. The third-order valence-corrected chi connectivity index (χ3v) is 5.31. The van der Waals surface area contributed by atoms with Gasteiger partial charge in [-0.15, -0.1) is 0 Å². The molecule has 0 unspecified atom stereocenters. The first-order valence-corrected chi connectivity index (χ1v) is 11.9. The monoisotopic (exact) mass is 629 g/mol. The molecule has 12 heteroatoms. The van der Waals surface area contributed by atoms with Gasteiger partial charge in [0.1, 0.15) is 6.26 Å². The first kappa shape index (κ1) is 40.8. The Balaban J connectivity index is 0. The number of esters is 3. The molecule has 0 amide bonds. The molecule has 44 heavy (non-hydrogen) atoms. The van der Waals surface area contributed by atoms with Gasteiger partial charge in [-0.05, 0) is 48.0 Å². The number of methoxy groups -OCH3 is 3. The molecular formula is C32H36ClNO10. The molecule has 0 saturated carbocycles. The fourth-order valence-electron chi connectivity index (χ4n) is 3.21. The molecule has 1 N–H and O–H groups in total. The number of ether oxygens (including phenoxy) is 3. The summed E-state index contributed by atoms with van der Waals surface area (Å²) in [6.45, 7) is 0. The molecule has 0 aliphatic carbocycles. The van der Waals surface area contributed by atoms with E-state index in [0.29, 0.717) is 17.0 Å². The number of halogens is 1. The fourth-order valence-corrected chi connectivity index (χ4v) is 3.38. The molecule has 1 aromatic heterocycles. The fraction of sp³-hybridized carbons (Fsp3) is 0.188. The molecule has 0 atom stereocenters. The molecule has 236 valence electrons. The van der Waals surface area contributed by atoms with Gasteiger partial charge in [0, 0.05) is 5.56 Å². The lowest BCUT2D eigenvalue weighted by Crippen LogP contribution is -2.09. The average Bonchev–Trinajstić information content (AvgIpc) is 3.55. The van der Waals surface area contributed by atoms with E-state index in [-0.39, 0.29) is 44.5 Å². The quantitative estimate of drug-likeness (QED) is 0.132. The second-order valence-corrected chi connectivity index (χ2v) is 7.87. The number of hydrogen-bond donors (Lipinski definition) is 1. The van der Waals surface area contributed by atoms with E-state index in [0.717, 1.165) is 0 Å². The van der Waals surface area contributed by atoms with Crippen molar-refractivity contribution in [3.63, 3.8) is 0 Å². The van der Waals surface area contributed by atoms with Gasteiger partial charge in [-0.1, -0.05) is 58.7 Å². The third kappa shape index (κ3) is 11.2. The van der Waals surface area contributed by atoms with Gasteiger partial charge in [0.05, 0.1) is 55.3 Å². The molecule has 0 saturated heterocycles. The highest BCUT2D eigenvalue weighted by Crippen LogP contribution is 2.22. The molecule has 0 fully saturated rings. The number of aromatic nitrogens is 1. The minimum absolute atomic E-state index is 0. The lowest BCUT2D eigenvalue weighted by molar-refractivity contribution is 0.0581. The van der Waals surface area contributed by atoms with E-state index >= 15 is 0 Å². The zero-order valence-electron chi connectivity index (χ0n) is 22.0. The second kappa shape index (κ2) is 20.6. The van der Waals surface area contributed by atoms with E-state index in [1.54, 1.807) is 42.5 Å². The summed E-state index contributed by atoms with van der Waals surface area (Å²) in [5.41, 5.74) is 1.45. The molecule has 0 spiro atoms. The van der Waals surface area contributed by atoms with Gasteiger partial charge in [-0.25, -0.2) is 24.2 Å². The van der Waals surface area contributed by atoms with Crippen LogP contribution in [0.4, 0.5) is 0 Å². The zero-order valence-corrected chi connectivity index (χ0v) is 22.8. The Morgan fingerprint density at radius 2 is 1.02 bits per heavy atom. The summed E-state index contributed by atoms with van der Waals surface area (Å²) in [6, 6.07) is 19.1. The third-order valence-electron chi connectivity index (χ3n) is 5.10. The van der Waals surface area contributed by atoms with Crippen LogP contribution < -0.4 is 0 Å². The molecular weight excluding hydrogens is 594 g/mol. The van der Waals surface area contributed by atoms with Crippen molar-refractivity contribution in [1.29, 1.82) is 0 Å². The number of aromatic carboxylic acids is 1. The van der Waals surface area contributed by atoms with Gasteiger partial charge in [0.25, 0.3) is 5.24 Å². The maximum Gasteiger partial charge on any atom is 0.338 e. The van der Waals surface area contributed by atoms with Crippen LogP contribution in [0.3, 0.4) is 0 Å². The summed E-state index contributed by atoms with van der Waals surface area (Å²) in [5.74, 6) is -2.33. The maximum atomic E-state index is 11.4. The maximum absolute atomic E-state index is 11.4. The van der Waals surface area contributed by atoms with E-state index in [2.05, 4.69) is 19.2 Å². The van der Waals surface area contributed by atoms with Gasteiger partial charge >= 0.3 is 23.9 Å². The Labute approximate surface area is 261 Å². The number of carbonyl (C=O) groups is 5. The molecule has 0 radical (unpaired) electrons. The summed E-state index contributed by atoms with van der Waals surface area (Å²) >= 11 is 5.26. The lowest BCUT2D eigenvalue weighted by atomic mass is 10.1. The molecule has 4 aromatic rings. The van der Waals surface area contributed by atoms with Crippen LogP contribution in [0, 0.1) is 0 Å². The van der Waals surface area contributed by atoms with Gasteiger partial charge in [0.15, 0.2) is 0 Å². The number of rotatable bonds is 6. The summed E-state index contributed by atoms with van der Waals surface area (Å²) < 4.78 is 18.7. The Morgan fingerprint density at radius 1 is 0.636 bits per heavy atom. The molecule has 0 bridgehead atoms. The second-order valence-electron chi connectivity index (χ2n) is 7.53. The number of hydrogen-bond acceptors (Lipinski definition) is 10. The summed E-state index contributed by atoms with van der Waals surface area (Å²) in [5, 5.41) is 8.04. The number of carboxylic acids is 1. The van der Waals surface area contributed by atoms with Crippen LogP contribution in [0.15, 0.2) is 89.7 Å². The van der Waals surface area contributed by atoms with Crippen molar-refractivity contribution in [2.24, 2.45) is 0 Å². The minimum Gasteiger partial charge on any atom is -0.478 e. The van der Waals surface area contributed by atoms with Gasteiger partial charge < -0.3 is 23.7 Å². The number of carboxylic acid groups (broad SMARTS) is 1. The molecule has 1 heterocycles. The van der Waals surface area contributed by atoms with Crippen molar-refractivity contribution in [3.05, 3.63) is 113 Å². The number of nitrogens with zero attached hydrogens (tertiary/aromatic N) is 1. The molecule has 0 aliphatic heterocycles. The highest BCUT2D eigenvalue weighted by Gasteiger charge is 2.16. The number of benzene rings is 3. The van der Waals surface area contributed by atoms with E-state index in [4.69, 9.17) is 21.1 Å². The van der Waals surface area contributed by atoms with Crippen LogP contribution >= 0.6 is 11.6 Å². The normalized spacial score (nSPS) is 8.91. The molecule has 0 aliphatic rings. The highest BCUT2D eigenvalue weighted by molar-refractivity contribution is 6.68. The van der Waals surface area contributed by atoms with Crippen LogP contribution in [0.2, 0.25) is 0 Å². The van der Waals surface area contributed by atoms with Crippen LogP contribution in [0.5, 0.6) is 0 Å². The van der Waals surface area contributed by atoms with Crippen molar-refractivity contribution >= 4 is 40.7 Å². The Bertz CT molecular complexity index is 1450. The standard InChI is InChI=1S/C11H9NO3.C9H7ClO3.C9H8O4.3CH4/c1-14-11(13)9-5-3-2-4-8(9)10-12-6-7-15-10;2*1-13-9(12)7-5-3-2-4-6(7)8(10)11;;;/h2-7H,1H3;2-5H,1H3;2-5H,1H3,(H,10,11);3*1H4. The van der Waals surface area contributed by atoms with Crippen LogP contribution in [0.25, 0.3) is 11.5 Å². The van der Waals surface area contributed by atoms with Crippen molar-refractivity contribution in [3.8, 4) is 11.5 Å². The average molecular weight is 630 g/mol. The van der Waals surface area contributed by atoms with Gasteiger partial charge in [-0.2, -0.15) is 0 Å². The first-order chi connectivity index (χ1) is 19.7. The van der Waals surface area contributed by atoms with Crippen LogP contribution in [0.1, 0.15) is 74.1 Å². The summed E-state index contributed by atoms with van der Waals surface area (Å²) in [7, 11) is 3.80. The SMILES string of the molecule is C.C.C.COC(=O)c1ccccc1-c1ncco1.COC(=O)c1ccccc1C(=O)Cl.COC(=O)c1ccccc1C(=O)O. The van der Waals surface area contributed by atoms with Crippen molar-refractivity contribution in [2.75, 3.05) is 21.3 Å². The smallest absolute Gasteiger partial charge is 0.338 e. The number of oxazole rings is 1. The van der Waals surface area contributed by atoms with Crippen molar-refractivity contribution < 1.29 is 47.7 Å². The predicted octanol–water partition coefficient (Wildman–Crippen LogP) is 7.06. The van der Waals surface area contributed by atoms with E-state index in [9.17, 15) is 24.0 Å². The van der Waals surface area contributed by atoms with E-state index < -0.39 is 29.1 Å². The highest BCUT2D eigenvalue weighted by atomic mass is 35.5. The molecule has 4 rings (SSSR count). The predicted molar refractivity (Wildman–Crippen MR) is 166 cm³/mol. The van der Waals surface area contributed by atoms with Gasteiger partial charge in [0.2, 0.25) is 5.89 Å². The Hall–Kier alpha value is -5.29. The largest absolute Gasteiger partial charge is 0.478 e. The topological polar surface area (TPSA) is 159 Å². The number of carbonyl (C=O) groups excluding carboxylic acids is 4.